The van der Waals surface area contributed by atoms with Crippen molar-refractivity contribution in [2.75, 3.05) is 30.4 Å². The predicted octanol–water partition coefficient (Wildman–Crippen LogP) is 0.450. The molecule has 0 aliphatic carbocycles. The Bertz CT molecular complexity index is 372. The van der Waals surface area contributed by atoms with Gasteiger partial charge in [0.2, 0.25) is 11.9 Å². The number of nitrogens with zero attached hydrogens (tertiary/aromatic N) is 4. The van der Waals surface area contributed by atoms with Gasteiger partial charge in [0.15, 0.2) is 0 Å². The largest absolute Gasteiger partial charge is 0.463 e. The van der Waals surface area contributed by atoms with E-state index in [-0.39, 0.29) is 24.6 Å². The lowest BCUT2D eigenvalue weighted by molar-refractivity contribution is 0.288. The van der Waals surface area contributed by atoms with Crippen LogP contribution in [0.15, 0.2) is 0 Å². The standard InChI is InChI=1S/C11H21N5O2/c1-4-7-18-11-14-9(12)13-10(15-11)16(5-6-17)8(2)3/h8,17H,4-7H2,1-3H3,(H2,12,13,14,15). The Morgan fingerprint density at radius 3 is 2.61 bits per heavy atom. The van der Waals surface area contributed by atoms with Crippen LogP contribution in [0.5, 0.6) is 6.01 Å². The summed E-state index contributed by atoms with van der Waals surface area (Å²) in [6, 6.07) is 0.376. The van der Waals surface area contributed by atoms with Gasteiger partial charge in [-0.05, 0) is 20.3 Å². The quantitative estimate of drug-likeness (QED) is 0.730. The minimum Gasteiger partial charge on any atom is -0.463 e. The van der Waals surface area contributed by atoms with Gasteiger partial charge in [-0.15, -0.1) is 0 Å². The van der Waals surface area contributed by atoms with Crippen molar-refractivity contribution in [3.8, 4) is 6.01 Å². The number of ether oxygens (including phenoxy) is 1. The van der Waals surface area contributed by atoms with Crippen LogP contribution in [-0.4, -0.2) is 45.9 Å². The minimum atomic E-state index is 0.0227. The van der Waals surface area contributed by atoms with Crippen molar-refractivity contribution < 1.29 is 9.84 Å². The van der Waals surface area contributed by atoms with Crippen LogP contribution in [0.3, 0.4) is 0 Å². The number of rotatable bonds is 7. The third-order valence-electron chi connectivity index (χ3n) is 2.28. The van der Waals surface area contributed by atoms with E-state index in [9.17, 15) is 0 Å². The Morgan fingerprint density at radius 2 is 2.06 bits per heavy atom. The van der Waals surface area contributed by atoms with E-state index < -0.39 is 0 Å². The molecule has 1 aromatic rings. The summed E-state index contributed by atoms with van der Waals surface area (Å²) in [5, 5.41) is 9.05. The monoisotopic (exact) mass is 255 g/mol. The summed E-state index contributed by atoms with van der Waals surface area (Å²) in [4.78, 5) is 14.0. The number of nitrogen functional groups attached to an aromatic ring is 1. The Labute approximate surface area is 107 Å². The third-order valence-corrected chi connectivity index (χ3v) is 2.28. The fraction of sp³-hybridized carbons (Fsp3) is 0.727. The first-order valence-electron chi connectivity index (χ1n) is 6.10. The first-order chi connectivity index (χ1) is 8.58. The third kappa shape index (κ3) is 3.99. The van der Waals surface area contributed by atoms with Gasteiger partial charge >= 0.3 is 6.01 Å². The zero-order valence-electron chi connectivity index (χ0n) is 11.1. The van der Waals surface area contributed by atoms with Gasteiger partial charge < -0.3 is 20.5 Å². The SMILES string of the molecule is CCCOc1nc(N)nc(N(CCO)C(C)C)n1. The van der Waals surface area contributed by atoms with Crippen LogP contribution in [0.1, 0.15) is 27.2 Å². The van der Waals surface area contributed by atoms with Crippen molar-refractivity contribution in [3.63, 3.8) is 0 Å². The van der Waals surface area contributed by atoms with E-state index in [1.165, 1.54) is 0 Å². The van der Waals surface area contributed by atoms with Crippen molar-refractivity contribution in [3.05, 3.63) is 0 Å². The highest BCUT2D eigenvalue weighted by atomic mass is 16.5. The summed E-state index contributed by atoms with van der Waals surface area (Å²) >= 11 is 0. The highest BCUT2D eigenvalue weighted by Crippen LogP contribution is 2.15. The number of aromatic nitrogens is 3. The van der Waals surface area contributed by atoms with E-state index in [1.807, 2.05) is 25.7 Å². The topological polar surface area (TPSA) is 97.4 Å². The molecule has 102 valence electrons. The van der Waals surface area contributed by atoms with Gasteiger partial charge in [-0.3, -0.25) is 0 Å². The molecule has 0 amide bonds. The van der Waals surface area contributed by atoms with Gasteiger partial charge in [0.05, 0.1) is 13.2 Å². The molecule has 1 rings (SSSR count). The molecule has 0 fully saturated rings. The lowest BCUT2D eigenvalue weighted by Gasteiger charge is -2.25. The summed E-state index contributed by atoms with van der Waals surface area (Å²) in [6.07, 6.45) is 0.867. The Morgan fingerprint density at radius 1 is 1.33 bits per heavy atom. The molecule has 0 saturated heterocycles. The lowest BCUT2D eigenvalue weighted by Crippen LogP contribution is -2.35. The molecule has 1 aromatic heterocycles. The second-order valence-electron chi connectivity index (χ2n) is 4.14. The van der Waals surface area contributed by atoms with Gasteiger partial charge in [-0.2, -0.15) is 15.0 Å². The van der Waals surface area contributed by atoms with Crippen molar-refractivity contribution in [1.29, 1.82) is 0 Å². The fourth-order valence-electron chi connectivity index (χ4n) is 1.44. The van der Waals surface area contributed by atoms with E-state index in [2.05, 4.69) is 15.0 Å². The number of nitrogens with two attached hydrogens (primary N) is 1. The molecule has 3 N–H and O–H groups in total. The maximum Gasteiger partial charge on any atom is 0.323 e. The van der Waals surface area contributed by atoms with Crippen LogP contribution in [0, 0.1) is 0 Å². The van der Waals surface area contributed by atoms with E-state index in [4.69, 9.17) is 15.6 Å². The second kappa shape index (κ2) is 6.95. The summed E-state index contributed by atoms with van der Waals surface area (Å²) in [5.74, 6) is 0.548. The van der Waals surface area contributed by atoms with Gasteiger partial charge in [0.25, 0.3) is 0 Å². The van der Waals surface area contributed by atoms with E-state index in [0.717, 1.165) is 6.42 Å². The van der Waals surface area contributed by atoms with Gasteiger partial charge in [-0.25, -0.2) is 0 Å². The molecule has 0 bridgehead atoms. The van der Waals surface area contributed by atoms with Crippen molar-refractivity contribution in [2.24, 2.45) is 0 Å². The van der Waals surface area contributed by atoms with Crippen LogP contribution < -0.4 is 15.4 Å². The predicted molar refractivity (Wildman–Crippen MR) is 69.6 cm³/mol. The maximum absolute atomic E-state index is 9.05. The molecule has 0 radical (unpaired) electrons. The maximum atomic E-state index is 9.05. The molecule has 0 aliphatic rings. The average molecular weight is 255 g/mol. The lowest BCUT2D eigenvalue weighted by atomic mass is 10.3. The van der Waals surface area contributed by atoms with Gasteiger partial charge in [0, 0.05) is 12.6 Å². The molecule has 0 spiro atoms. The second-order valence-corrected chi connectivity index (χ2v) is 4.14. The Balaban J connectivity index is 2.95. The minimum absolute atomic E-state index is 0.0227. The molecule has 7 nitrogen and oxygen atoms in total. The first-order valence-corrected chi connectivity index (χ1v) is 6.10. The van der Waals surface area contributed by atoms with E-state index in [1.54, 1.807) is 0 Å². The highest BCUT2D eigenvalue weighted by Gasteiger charge is 2.15. The number of aliphatic hydroxyl groups is 1. The smallest absolute Gasteiger partial charge is 0.323 e. The van der Waals surface area contributed by atoms with Crippen LogP contribution in [0.4, 0.5) is 11.9 Å². The molecule has 18 heavy (non-hydrogen) atoms. The summed E-state index contributed by atoms with van der Waals surface area (Å²) in [7, 11) is 0. The van der Waals surface area contributed by atoms with Crippen molar-refractivity contribution in [1.82, 2.24) is 15.0 Å². The molecule has 0 aromatic carbocycles. The number of hydrogen-bond acceptors (Lipinski definition) is 7. The molecule has 1 heterocycles. The van der Waals surface area contributed by atoms with Crippen LogP contribution in [0.2, 0.25) is 0 Å². The molecular weight excluding hydrogens is 234 g/mol. The molecule has 0 unspecified atom stereocenters. The Kier molecular flexibility index (Phi) is 5.57. The highest BCUT2D eigenvalue weighted by molar-refractivity contribution is 5.36. The van der Waals surface area contributed by atoms with Crippen molar-refractivity contribution >= 4 is 11.9 Å². The molecule has 0 saturated carbocycles. The summed E-state index contributed by atoms with van der Waals surface area (Å²) < 4.78 is 5.35. The molecule has 7 heteroatoms. The summed E-state index contributed by atoms with van der Waals surface area (Å²) in [5.41, 5.74) is 5.63. The fourth-order valence-corrected chi connectivity index (χ4v) is 1.44. The normalized spacial score (nSPS) is 10.7. The van der Waals surface area contributed by atoms with Gasteiger partial charge in [-0.1, -0.05) is 6.92 Å². The zero-order valence-corrected chi connectivity index (χ0v) is 11.1. The molecular formula is C11H21N5O2. The van der Waals surface area contributed by atoms with E-state index >= 15 is 0 Å². The number of aliphatic hydroxyl groups excluding tert-OH is 1. The molecule has 0 aliphatic heterocycles. The molecule has 0 atom stereocenters. The van der Waals surface area contributed by atoms with Crippen LogP contribution in [-0.2, 0) is 0 Å². The van der Waals surface area contributed by atoms with Gasteiger partial charge in [0.1, 0.15) is 0 Å². The van der Waals surface area contributed by atoms with Crippen LogP contribution >= 0.6 is 0 Å². The Hall–Kier alpha value is -1.63. The first kappa shape index (κ1) is 14.4. The summed E-state index contributed by atoms with van der Waals surface area (Å²) in [6.45, 7) is 6.97. The van der Waals surface area contributed by atoms with Crippen molar-refractivity contribution in [2.45, 2.75) is 33.2 Å². The number of anilines is 2. The van der Waals surface area contributed by atoms with E-state index in [0.29, 0.717) is 19.1 Å². The number of hydrogen-bond donors (Lipinski definition) is 2. The van der Waals surface area contributed by atoms with Crippen LogP contribution in [0.25, 0.3) is 0 Å². The average Bonchev–Trinajstić information content (AvgIpc) is 2.32. The zero-order chi connectivity index (χ0) is 13.5.